The Balaban J connectivity index is 1.19. The summed E-state index contributed by atoms with van der Waals surface area (Å²) in [6.07, 6.45) is 7.68. The molecule has 0 bridgehead atoms. The molecule has 4 aliphatic heterocycles. The fourth-order valence-electron chi connectivity index (χ4n) is 8.46. The van der Waals surface area contributed by atoms with E-state index in [0.29, 0.717) is 63.4 Å². The number of hydrogen-bond acceptors (Lipinski definition) is 11. The number of rotatable bonds is 10. The van der Waals surface area contributed by atoms with E-state index in [-0.39, 0.29) is 42.1 Å². The lowest BCUT2D eigenvalue weighted by Gasteiger charge is -2.42. The van der Waals surface area contributed by atoms with Gasteiger partial charge in [-0.05, 0) is 66.0 Å². The van der Waals surface area contributed by atoms with E-state index in [1.54, 1.807) is 12.3 Å². The lowest BCUT2D eigenvalue weighted by atomic mass is 9.85. The van der Waals surface area contributed by atoms with Crippen LogP contribution in [0.2, 0.25) is 0 Å². The highest BCUT2D eigenvalue weighted by molar-refractivity contribution is 7.90. The quantitative estimate of drug-likeness (QED) is 0.299. The lowest BCUT2D eigenvalue weighted by molar-refractivity contribution is -0.126. The number of piperidine rings is 1. The van der Waals surface area contributed by atoms with Gasteiger partial charge in [-0.15, -0.1) is 0 Å². The van der Waals surface area contributed by atoms with Crippen LogP contribution in [0.25, 0.3) is 10.8 Å². The number of carbonyl (C=O) groups is 1. The monoisotopic (exact) mass is 720 g/mol. The second kappa shape index (κ2) is 14.6. The van der Waals surface area contributed by atoms with E-state index in [2.05, 4.69) is 46.6 Å². The predicted molar refractivity (Wildman–Crippen MR) is 198 cm³/mol. The van der Waals surface area contributed by atoms with E-state index >= 15 is 4.39 Å². The van der Waals surface area contributed by atoms with Gasteiger partial charge in [-0.3, -0.25) is 9.69 Å². The number of hydrogen-bond donors (Lipinski definition) is 1. The standard InChI is InChI=1S/C37H49FN8O4S/c1-5-35(47)46-11-6-7-30(46)27-17-32(45-20-25(21-45)23-51(4,48)49)28-19-40-34(18-26(28)36(27)24(2)3)41-33-8-10-39-37(42-33)44-12-9-31(29(38)22-44)43-13-15-50-16-14-43/h5,8,10,17-19,24-25,29-31H,1,6-7,9,11-16,20-23H2,2-4H3,(H,39,40,41,42)/t29-,30+,31+/m0/s1. The third kappa shape index (κ3) is 7.54. The molecule has 12 nitrogen and oxygen atoms in total. The molecular formula is C37H49FN8O4S. The first kappa shape index (κ1) is 35.5. The molecule has 2 aromatic heterocycles. The molecule has 4 fully saturated rings. The zero-order valence-electron chi connectivity index (χ0n) is 29.8. The molecule has 4 aliphatic rings. The number of nitrogens with zero attached hydrogens (tertiary/aromatic N) is 7. The summed E-state index contributed by atoms with van der Waals surface area (Å²) in [6.45, 7) is 13.7. The van der Waals surface area contributed by atoms with Crippen molar-refractivity contribution in [2.75, 3.05) is 86.2 Å². The van der Waals surface area contributed by atoms with Gasteiger partial charge >= 0.3 is 0 Å². The van der Waals surface area contributed by atoms with Gasteiger partial charge in [0.15, 0.2) is 0 Å². The molecule has 0 unspecified atom stereocenters. The van der Waals surface area contributed by atoms with E-state index in [1.807, 2.05) is 22.1 Å². The Morgan fingerprint density at radius 3 is 2.55 bits per heavy atom. The Morgan fingerprint density at radius 2 is 1.84 bits per heavy atom. The zero-order chi connectivity index (χ0) is 35.9. The molecule has 3 atom stereocenters. The Labute approximate surface area is 300 Å². The average molecular weight is 721 g/mol. The smallest absolute Gasteiger partial charge is 0.246 e. The van der Waals surface area contributed by atoms with Crippen molar-refractivity contribution in [2.24, 2.45) is 5.92 Å². The van der Waals surface area contributed by atoms with E-state index in [9.17, 15) is 13.2 Å². The second-order valence-electron chi connectivity index (χ2n) is 14.8. The fraction of sp³-hybridized carbons (Fsp3) is 0.568. The average Bonchev–Trinajstić information content (AvgIpc) is 3.59. The van der Waals surface area contributed by atoms with Crippen molar-refractivity contribution in [1.82, 2.24) is 24.8 Å². The number of ether oxygens (including phenoxy) is 1. The van der Waals surface area contributed by atoms with Crippen molar-refractivity contribution in [1.29, 1.82) is 0 Å². The van der Waals surface area contributed by atoms with Crippen molar-refractivity contribution >= 4 is 49.8 Å². The van der Waals surface area contributed by atoms with Gasteiger partial charge in [0.05, 0.1) is 31.6 Å². The van der Waals surface area contributed by atoms with Gasteiger partial charge < -0.3 is 24.8 Å². The molecular weight excluding hydrogens is 672 g/mol. The van der Waals surface area contributed by atoms with E-state index in [1.165, 1.54) is 12.3 Å². The molecule has 0 spiro atoms. The molecule has 7 rings (SSSR count). The molecule has 1 N–H and O–H groups in total. The van der Waals surface area contributed by atoms with E-state index in [4.69, 9.17) is 14.7 Å². The third-order valence-electron chi connectivity index (χ3n) is 10.8. The number of alkyl halides is 1. The van der Waals surface area contributed by atoms with Crippen LogP contribution in [0, 0.1) is 5.92 Å². The molecule has 51 heavy (non-hydrogen) atoms. The molecule has 274 valence electrons. The van der Waals surface area contributed by atoms with Gasteiger partial charge in [0, 0.05) is 81.0 Å². The van der Waals surface area contributed by atoms with Crippen LogP contribution in [0.4, 0.5) is 27.7 Å². The number of morpholine rings is 1. The highest BCUT2D eigenvalue weighted by atomic mass is 32.2. The van der Waals surface area contributed by atoms with Gasteiger partial charge in [-0.25, -0.2) is 22.8 Å². The van der Waals surface area contributed by atoms with Gasteiger partial charge in [0.2, 0.25) is 11.9 Å². The number of aromatic nitrogens is 3. The summed E-state index contributed by atoms with van der Waals surface area (Å²) in [5.41, 5.74) is 3.26. The van der Waals surface area contributed by atoms with Gasteiger partial charge in [-0.1, -0.05) is 20.4 Å². The molecule has 6 heterocycles. The van der Waals surface area contributed by atoms with Crippen LogP contribution in [0.5, 0.6) is 0 Å². The number of halogens is 1. The number of sulfone groups is 1. The number of carbonyl (C=O) groups excluding carboxylic acids is 1. The molecule has 14 heteroatoms. The van der Waals surface area contributed by atoms with Gasteiger partial charge in [0.1, 0.15) is 27.6 Å². The second-order valence-corrected chi connectivity index (χ2v) is 16.9. The van der Waals surface area contributed by atoms with E-state index < -0.39 is 16.0 Å². The minimum Gasteiger partial charge on any atom is -0.379 e. The molecule has 0 saturated carbocycles. The van der Waals surface area contributed by atoms with Crippen LogP contribution in [-0.4, -0.2) is 122 Å². The summed E-state index contributed by atoms with van der Waals surface area (Å²) < 4.78 is 45.0. The van der Waals surface area contributed by atoms with Gasteiger partial charge in [0.25, 0.3) is 0 Å². The zero-order valence-corrected chi connectivity index (χ0v) is 30.6. The Kier molecular flexibility index (Phi) is 10.2. The minimum absolute atomic E-state index is 0.0623. The predicted octanol–water partition coefficient (Wildman–Crippen LogP) is 4.47. The summed E-state index contributed by atoms with van der Waals surface area (Å²) in [5, 5.41) is 5.39. The molecule has 0 radical (unpaired) electrons. The summed E-state index contributed by atoms with van der Waals surface area (Å²) in [6, 6.07) is 5.83. The number of likely N-dealkylation sites (tertiary alicyclic amines) is 1. The molecule has 1 aromatic carbocycles. The number of benzene rings is 1. The first-order valence-electron chi connectivity index (χ1n) is 18.1. The number of nitrogens with one attached hydrogen (secondary N) is 1. The molecule has 3 aromatic rings. The fourth-order valence-corrected chi connectivity index (χ4v) is 9.53. The van der Waals surface area contributed by atoms with Crippen molar-refractivity contribution in [3.63, 3.8) is 0 Å². The van der Waals surface area contributed by atoms with Crippen LogP contribution in [0.1, 0.15) is 56.2 Å². The van der Waals surface area contributed by atoms with Crippen LogP contribution in [0.3, 0.4) is 0 Å². The number of anilines is 4. The maximum absolute atomic E-state index is 15.5. The highest BCUT2D eigenvalue weighted by Crippen LogP contribution is 2.45. The Morgan fingerprint density at radius 1 is 1.06 bits per heavy atom. The van der Waals surface area contributed by atoms with E-state index in [0.717, 1.165) is 53.5 Å². The van der Waals surface area contributed by atoms with Crippen LogP contribution < -0.4 is 15.1 Å². The van der Waals surface area contributed by atoms with Crippen molar-refractivity contribution < 1.29 is 22.3 Å². The molecule has 0 aliphatic carbocycles. The third-order valence-corrected chi connectivity index (χ3v) is 11.8. The van der Waals surface area contributed by atoms with Gasteiger partial charge in [-0.2, -0.15) is 4.98 Å². The maximum Gasteiger partial charge on any atom is 0.246 e. The number of amides is 1. The molecule has 4 saturated heterocycles. The summed E-state index contributed by atoms with van der Waals surface area (Å²) >= 11 is 0. The van der Waals surface area contributed by atoms with Crippen molar-refractivity contribution in [2.45, 2.75) is 57.3 Å². The van der Waals surface area contributed by atoms with Crippen molar-refractivity contribution in [3.8, 4) is 0 Å². The highest BCUT2D eigenvalue weighted by Gasteiger charge is 2.37. The first-order valence-corrected chi connectivity index (χ1v) is 20.2. The Bertz CT molecular complexity index is 1880. The van der Waals surface area contributed by atoms with Crippen molar-refractivity contribution in [3.05, 3.63) is 54.4 Å². The Hall–Kier alpha value is -3.88. The minimum atomic E-state index is -3.09. The largest absolute Gasteiger partial charge is 0.379 e. The number of fused-ring (bicyclic) bond motifs is 1. The summed E-state index contributed by atoms with van der Waals surface area (Å²) in [4.78, 5) is 35.3. The van der Waals surface area contributed by atoms with Crippen LogP contribution in [0.15, 0.2) is 43.2 Å². The normalized spacial score (nSPS) is 23.5. The molecule has 1 amide bonds. The SMILES string of the molecule is C=CC(=O)N1CCC[C@@H]1c1cc(N2CC(CS(C)(=O)=O)C2)c2cnc(Nc3ccnc(N4CC[C@@H](N5CCOCC5)[C@@H](F)C4)n3)cc2c1C(C)C. The van der Waals surface area contributed by atoms with Crippen LogP contribution >= 0.6 is 0 Å². The summed E-state index contributed by atoms with van der Waals surface area (Å²) in [5.74, 6) is 1.93. The summed E-state index contributed by atoms with van der Waals surface area (Å²) in [7, 11) is -3.09. The first-order chi connectivity index (χ1) is 24.5. The number of pyridine rings is 1. The maximum atomic E-state index is 15.5. The topological polar surface area (TPSA) is 124 Å². The lowest BCUT2D eigenvalue weighted by Crippen LogP contribution is -2.55. The van der Waals surface area contributed by atoms with Crippen LogP contribution in [-0.2, 0) is 19.4 Å².